The molecule has 0 unspecified atom stereocenters. The maximum atomic E-state index is 13.1. The molecule has 0 N–H and O–H groups in total. The van der Waals surface area contributed by atoms with Crippen LogP contribution in [-0.2, 0) is 0 Å². The van der Waals surface area contributed by atoms with E-state index in [0.717, 1.165) is 0 Å². The number of rotatable bonds is 5. The highest BCUT2D eigenvalue weighted by atomic mass is 19.4. The minimum Gasteiger partial charge on any atom is -0.286 e. The lowest BCUT2D eigenvalue weighted by molar-refractivity contribution is -0.280. The minimum atomic E-state index is -6.63. The Bertz CT molecular complexity index is 373. The Morgan fingerprint density at radius 3 is 1.50 bits per heavy atom. The van der Waals surface area contributed by atoms with E-state index in [1.165, 1.54) is 6.92 Å². The molecule has 0 atom stereocenters. The van der Waals surface area contributed by atoms with Gasteiger partial charge in [-0.15, -0.1) is 0 Å². The summed E-state index contributed by atoms with van der Waals surface area (Å²) in [4.78, 5) is 2.29. The maximum absolute atomic E-state index is 13.1. The zero-order chi connectivity index (χ0) is 18.0. The van der Waals surface area contributed by atoms with Gasteiger partial charge in [0.1, 0.15) is 5.71 Å². The molecule has 0 radical (unpaired) electrons. The summed E-state index contributed by atoms with van der Waals surface area (Å²) >= 11 is 0. The van der Waals surface area contributed by atoms with Gasteiger partial charge in [0.05, 0.1) is 0 Å². The molecular formula is C10H10F11N. The molecule has 0 saturated carbocycles. The third-order valence-corrected chi connectivity index (χ3v) is 2.40. The number of hydrogen-bond donors (Lipinski definition) is 0. The van der Waals surface area contributed by atoms with Crippen LogP contribution in [0.3, 0.4) is 0 Å². The van der Waals surface area contributed by atoms with Crippen LogP contribution in [0.15, 0.2) is 4.99 Å². The first kappa shape index (κ1) is 20.9. The van der Waals surface area contributed by atoms with Gasteiger partial charge < -0.3 is 0 Å². The molecule has 0 fully saturated rings. The number of aliphatic imine (C=N–C) groups is 1. The average molecular weight is 353 g/mol. The second kappa shape index (κ2) is 6.57. The molecule has 22 heavy (non-hydrogen) atoms. The predicted molar refractivity (Wildman–Crippen MR) is 53.8 cm³/mol. The Labute approximate surface area is 117 Å². The molecule has 0 amide bonds. The van der Waals surface area contributed by atoms with Crippen LogP contribution in [0, 0.1) is 5.92 Å². The smallest absolute Gasteiger partial charge is 0.286 e. The van der Waals surface area contributed by atoms with E-state index in [1.54, 1.807) is 0 Å². The van der Waals surface area contributed by atoms with Crippen molar-refractivity contribution in [2.45, 2.75) is 44.2 Å². The van der Waals surface area contributed by atoms with Crippen molar-refractivity contribution >= 4 is 5.71 Å². The predicted octanol–water partition coefficient (Wildman–Crippen LogP) is 5.17. The summed E-state index contributed by atoms with van der Waals surface area (Å²) in [6, 6.07) is 0. The molecule has 0 aliphatic heterocycles. The van der Waals surface area contributed by atoms with Crippen LogP contribution in [0.1, 0.15) is 19.8 Å². The lowest BCUT2D eigenvalue weighted by Crippen LogP contribution is -2.55. The van der Waals surface area contributed by atoms with Crippen LogP contribution in [0.4, 0.5) is 48.3 Å². The van der Waals surface area contributed by atoms with Crippen molar-refractivity contribution in [2.75, 3.05) is 6.54 Å². The molecule has 0 aromatic heterocycles. The Hall–Kier alpha value is -1.10. The van der Waals surface area contributed by atoms with Crippen LogP contribution in [0.2, 0.25) is 0 Å². The van der Waals surface area contributed by atoms with Crippen molar-refractivity contribution in [3.63, 3.8) is 0 Å². The first-order valence-electron chi connectivity index (χ1n) is 5.69. The van der Waals surface area contributed by atoms with Gasteiger partial charge in [-0.05, 0) is 6.42 Å². The molecule has 0 aromatic rings. The second-order valence-electron chi connectivity index (χ2n) is 4.21. The van der Waals surface area contributed by atoms with Crippen molar-refractivity contribution in [1.82, 2.24) is 0 Å². The average Bonchev–Trinajstić information content (AvgIpc) is 2.22. The van der Waals surface area contributed by atoms with Gasteiger partial charge in [0.2, 0.25) is 0 Å². The summed E-state index contributed by atoms with van der Waals surface area (Å²) in [5.41, 5.74) is -3.28. The number of hydrogen-bond acceptors (Lipinski definition) is 1. The van der Waals surface area contributed by atoms with Crippen molar-refractivity contribution in [3.8, 4) is 0 Å². The third-order valence-electron chi connectivity index (χ3n) is 2.40. The normalized spacial score (nSPS) is 15.6. The van der Waals surface area contributed by atoms with Gasteiger partial charge in [-0.25, -0.2) is 0 Å². The van der Waals surface area contributed by atoms with E-state index in [0.29, 0.717) is 0 Å². The first-order chi connectivity index (χ1) is 9.56. The van der Waals surface area contributed by atoms with Crippen molar-refractivity contribution < 1.29 is 48.3 Å². The van der Waals surface area contributed by atoms with Gasteiger partial charge in [0.15, 0.2) is 5.92 Å². The number of unbranched alkanes of at least 4 members (excludes halogenated alkanes) is 1. The van der Waals surface area contributed by atoms with Gasteiger partial charge in [-0.3, -0.25) is 4.99 Å². The highest BCUT2D eigenvalue weighted by Gasteiger charge is 2.71. The van der Waals surface area contributed by atoms with E-state index in [1.807, 2.05) is 0 Å². The Morgan fingerprint density at radius 1 is 0.818 bits per heavy atom. The summed E-state index contributed by atoms with van der Waals surface area (Å²) in [6.45, 7) is 0.377. The molecule has 0 bridgehead atoms. The molecule has 0 spiro atoms. The monoisotopic (exact) mass is 353 g/mol. The van der Waals surface area contributed by atoms with Gasteiger partial charge >= 0.3 is 24.5 Å². The number of halogens is 11. The summed E-state index contributed by atoms with van der Waals surface area (Å²) in [5.74, 6) is -11.3. The summed E-state index contributed by atoms with van der Waals surface area (Å²) in [7, 11) is 0. The SMILES string of the molecule is CCCCN=C(C(C(F)(F)F)C(F)(F)F)C(F)(F)C(F)(F)F. The third kappa shape index (κ3) is 4.97. The van der Waals surface area contributed by atoms with Gasteiger partial charge in [0, 0.05) is 6.54 Å². The fraction of sp³-hybridized carbons (Fsp3) is 0.900. The number of nitrogens with zero attached hydrogens (tertiary/aromatic N) is 1. The van der Waals surface area contributed by atoms with Crippen LogP contribution in [0.5, 0.6) is 0 Å². The van der Waals surface area contributed by atoms with Gasteiger partial charge in [0.25, 0.3) is 0 Å². The van der Waals surface area contributed by atoms with E-state index in [2.05, 4.69) is 4.99 Å². The molecule has 132 valence electrons. The molecule has 0 aliphatic rings. The van der Waals surface area contributed by atoms with Crippen molar-refractivity contribution in [3.05, 3.63) is 0 Å². The van der Waals surface area contributed by atoms with E-state index >= 15 is 0 Å². The van der Waals surface area contributed by atoms with E-state index in [9.17, 15) is 48.3 Å². The van der Waals surface area contributed by atoms with Crippen LogP contribution in [-0.4, -0.2) is 36.7 Å². The Kier molecular flexibility index (Phi) is 6.24. The quantitative estimate of drug-likeness (QED) is 0.368. The minimum absolute atomic E-state index is 0.122. The molecule has 0 aromatic carbocycles. The lowest BCUT2D eigenvalue weighted by atomic mass is 9.95. The fourth-order valence-electron chi connectivity index (χ4n) is 1.37. The van der Waals surface area contributed by atoms with Crippen molar-refractivity contribution in [2.24, 2.45) is 10.9 Å². The Morgan fingerprint density at radius 2 is 1.23 bits per heavy atom. The molecule has 12 heteroatoms. The maximum Gasteiger partial charge on any atom is 0.459 e. The molecule has 1 nitrogen and oxygen atoms in total. The van der Waals surface area contributed by atoms with Crippen LogP contribution in [0.25, 0.3) is 0 Å². The van der Waals surface area contributed by atoms with Crippen molar-refractivity contribution in [1.29, 1.82) is 0 Å². The molecular weight excluding hydrogens is 343 g/mol. The fourth-order valence-corrected chi connectivity index (χ4v) is 1.37. The Balaban J connectivity index is 6.11. The standard InChI is InChI=1S/C10H10F11N/c1-2-3-4-22-6(7(11,12)10(19,20)21)5(8(13,14)15)9(16,17)18/h5H,2-4H2,1H3. The van der Waals surface area contributed by atoms with Gasteiger partial charge in [-0.1, -0.05) is 13.3 Å². The first-order valence-corrected chi connectivity index (χ1v) is 5.69. The summed E-state index contributed by atoms with van der Waals surface area (Å²) in [5, 5.41) is 0. The molecule has 0 saturated heterocycles. The van der Waals surface area contributed by atoms with Crippen LogP contribution < -0.4 is 0 Å². The van der Waals surface area contributed by atoms with E-state index in [-0.39, 0.29) is 12.8 Å². The summed E-state index contributed by atoms with van der Waals surface area (Å²) < 4.78 is 137. The number of alkyl halides is 11. The molecule has 0 aliphatic carbocycles. The highest BCUT2D eigenvalue weighted by molar-refractivity contribution is 5.95. The van der Waals surface area contributed by atoms with Crippen LogP contribution >= 0.6 is 0 Å². The largest absolute Gasteiger partial charge is 0.459 e. The zero-order valence-electron chi connectivity index (χ0n) is 10.8. The molecule has 0 rings (SSSR count). The summed E-state index contributed by atoms with van der Waals surface area (Å²) in [6.07, 6.45) is -19.5. The van der Waals surface area contributed by atoms with Gasteiger partial charge in [-0.2, -0.15) is 48.3 Å². The molecule has 0 heterocycles. The highest BCUT2D eigenvalue weighted by Crippen LogP contribution is 2.47. The lowest BCUT2D eigenvalue weighted by Gasteiger charge is -2.30. The second-order valence-corrected chi connectivity index (χ2v) is 4.21. The zero-order valence-corrected chi connectivity index (χ0v) is 10.8. The van der Waals surface area contributed by atoms with E-state index in [4.69, 9.17) is 0 Å². The topological polar surface area (TPSA) is 12.4 Å². The van der Waals surface area contributed by atoms with E-state index < -0.39 is 42.6 Å².